The molecule has 0 aromatic heterocycles. The maximum atomic E-state index is 13.0. The minimum absolute atomic E-state index is 0.0963. The summed E-state index contributed by atoms with van der Waals surface area (Å²) in [6, 6.07) is 6.69. The van der Waals surface area contributed by atoms with E-state index in [2.05, 4.69) is 0 Å². The number of carbonyl (C=O) groups excluding carboxylic acids is 1. The number of hydrogen-bond donors (Lipinski definition) is 0. The van der Waals surface area contributed by atoms with Crippen LogP contribution in [0, 0.1) is 5.82 Å². The van der Waals surface area contributed by atoms with Crippen LogP contribution >= 0.6 is 0 Å². The minimum Gasteiger partial charge on any atom is -0.339 e. The zero-order valence-corrected chi connectivity index (χ0v) is 12.2. The number of amides is 1. The molecular weight excluding hydrogens is 253 g/mol. The van der Waals surface area contributed by atoms with E-state index in [-0.39, 0.29) is 11.7 Å². The zero-order valence-electron chi connectivity index (χ0n) is 12.2. The normalized spacial score (nSPS) is 19.4. The predicted octanol–water partition coefficient (Wildman–Crippen LogP) is 3.89. The van der Waals surface area contributed by atoms with Gasteiger partial charge in [0.25, 0.3) is 0 Å². The van der Waals surface area contributed by atoms with Crippen LogP contribution in [0.15, 0.2) is 35.9 Å². The van der Waals surface area contributed by atoms with Gasteiger partial charge in [-0.15, -0.1) is 0 Å². The molecule has 0 radical (unpaired) electrons. The molecule has 0 aliphatic carbocycles. The van der Waals surface area contributed by atoms with E-state index in [1.807, 2.05) is 30.9 Å². The van der Waals surface area contributed by atoms with Gasteiger partial charge in [-0.05, 0) is 44.4 Å². The molecule has 1 saturated heterocycles. The van der Waals surface area contributed by atoms with E-state index < -0.39 is 0 Å². The highest BCUT2D eigenvalue weighted by Crippen LogP contribution is 2.26. The maximum absolute atomic E-state index is 13.0. The molecule has 1 atom stereocenters. The van der Waals surface area contributed by atoms with E-state index in [1.165, 1.54) is 12.1 Å². The molecule has 1 aromatic rings. The van der Waals surface area contributed by atoms with Gasteiger partial charge in [0.05, 0.1) is 0 Å². The third-order valence-electron chi connectivity index (χ3n) is 3.74. The van der Waals surface area contributed by atoms with Crippen molar-refractivity contribution in [1.29, 1.82) is 0 Å². The number of carbonyl (C=O) groups is 1. The summed E-state index contributed by atoms with van der Waals surface area (Å²) in [6.45, 7) is 5.43. The smallest absolute Gasteiger partial charge is 0.246 e. The Kier molecular flexibility index (Phi) is 4.94. The largest absolute Gasteiger partial charge is 0.339 e. The van der Waals surface area contributed by atoms with Crippen molar-refractivity contribution in [3.05, 3.63) is 47.3 Å². The van der Waals surface area contributed by atoms with Crippen LogP contribution in [0.25, 0.3) is 0 Å². The van der Waals surface area contributed by atoms with Crippen LogP contribution in [0.3, 0.4) is 0 Å². The molecule has 0 N–H and O–H groups in total. The number of halogens is 1. The Bertz CT molecular complexity index is 488. The second-order valence-corrected chi connectivity index (χ2v) is 5.75. The average molecular weight is 275 g/mol. The maximum Gasteiger partial charge on any atom is 0.246 e. The van der Waals surface area contributed by atoms with Gasteiger partial charge in [-0.1, -0.05) is 24.1 Å². The summed E-state index contributed by atoms with van der Waals surface area (Å²) in [7, 11) is 0. The van der Waals surface area contributed by atoms with Crippen LogP contribution in [0.1, 0.15) is 44.6 Å². The van der Waals surface area contributed by atoms with Crippen molar-refractivity contribution in [3.8, 4) is 0 Å². The fraction of sp³-hybridized carbons (Fsp3) is 0.471. The molecule has 0 spiro atoms. The number of benzene rings is 1. The molecule has 1 amide bonds. The minimum atomic E-state index is -0.208. The van der Waals surface area contributed by atoms with E-state index in [9.17, 15) is 9.18 Å². The van der Waals surface area contributed by atoms with Crippen molar-refractivity contribution in [1.82, 2.24) is 4.90 Å². The molecule has 20 heavy (non-hydrogen) atoms. The van der Waals surface area contributed by atoms with Crippen molar-refractivity contribution in [2.75, 3.05) is 13.1 Å². The average Bonchev–Trinajstić information content (AvgIpc) is 2.64. The lowest BCUT2D eigenvalue weighted by molar-refractivity contribution is -0.126. The summed E-state index contributed by atoms with van der Waals surface area (Å²) in [5, 5.41) is 0. The lowest BCUT2D eigenvalue weighted by Crippen LogP contribution is -2.32. The van der Waals surface area contributed by atoms with Gasteiger partial charge in [0.2, 0.25) is 5.91 Å². The molecule has 2 rings (SSSR count). The predicted molar refractivity (Wildman–Crippen MR) is 79.0 cm³/mol. The van der Waals surface area contributed by atoms with Gasteiger partial charge in [0.1, 0.15) is 5.82 Å². The Labute approximate surface area is 120 Å². The van der Waals surface area contributed by atoms with Crippen molar-refractivity contribution < 1.29 is 9.18 Å². The Morgan fingerprint density at radius 1 is 1.25 bits per heavy atom. The van der Waals surface area contributed by atoms with Crippen LogP contribution in [0.5, 0.6) is 0 Å². The molecule has 1 aromatic carbocycles. The fourth-order valence-corrected chi connectivity index (χ4v) is 2.69. The first kappa shape index (κ1) is 14.8. The van der Waals surface area contributed by atoms with Crippen molar-refractivity contribution in [3.63, 3.8) is 0 Å². The molecule has 1 fully saturated rings. The second kappa shape index (κ2) is 6.69. The van der Waals surface area contributed by atoms with Crippen LogP contribution in [0.4, 0.5) is 4.39 Å². The molecule has 1 unspecified atom stereocenters. The van der Waals surface area contributed by atoms with E-state index in [4.69, 9.17) is 0 Å². The SMILES string of the molecule is CC(C)=CC(=O)N1CCCCC(c2ccc(F)cc2)C1. The number of likely N-dealkylation sites (tertiary alicyclic amines) is 1. The Hall–Kier alpha value is -1.64. The Morgan fingerprint density at radius 3 is 2.60 bits per heavy atom. The summed E-state index contributed by atoms with van der Waals surface area (Å²) in [5.41, 5.74) is 2.15. The molecule has 108 valence electrons. The van der Waals surface area contributed by atoms with Gasteiger partial charge in [0.15, 0.2) is 0 Å². The van der Waals surface area contributed by atoms with E-state index in [0.717, 1.165) is 43.5 Å². The molecule has 2 nitrogen and oxygen atoms in total. The van der Waals surface area contributed by atoms with Gasteiger partial charge in [-0.25, -0.2) is 4.39 Å². The first-order valence-corrected chi connectivity index (χ1v) is 7.25. The number of hydrogen-bond acceptors (Lipinski definition) is 1. The zero-order chi connectivity index (χ0) is 14.5. The van der Waals surface area contributed by atoms with Gasteiger partial charge in [-0.2, -0.15) is 0 Å². The van der Waals surface area contributed by atoms with E-state index in [1.54, 1.807) is 6.08 Å². The third-order valence-corrected chi connectivity index (χ3v) is 3.74. The monoisotopic (exact) mass is 275 g/mol. The second-order valence-electron chi connectivity index (χ2n) is 5.75. The number of nitrogens with zero attached hydrogens (tertiary/aromatic N) is 1. The summed E-state index contributed by atoms with van der Waals surface area (Å²) < 4.78 is 13.0. The highest BCUT2D eigenvalue weighted by Gasteiger charge is 2.22. The molecule has 0 saturated carbocycles. The lowest BCUT2D eigenvalue weighted by atomic mass is 9.94. The van der Waals surface area contributed by atoms with Crippen LogP contribution in [-0.4, -0.2) is 23.9 Å². The summed E-state index contributed by atoms with van der Waals surface area (Å²) in [5.74, 6) is 0.200. The topological polar surface area (TPSA) is 20.3 Å². The van der Waals surface area contributed by atoms with Crippen LogP contribution in [-0.2, 0) is 4.79 Å². The van der Waals surface area contributed by atoms with Gasteiger partial charge in [0, 0.05) is 25.1 Å². The van der Waals surface area contributed by atoms with Crippen molar-refractivity contribution in [2.24, 2.45) is 0 Å². The molecule has 0 bridgehead atoms. The van der Waals surface area contributed by atoms with Gasteiger partial charge < -0.3 is 4.90 Å². The summed E-state index contributed by atoms with van der Waals surface area (Å²) >= 11 is 0. The summed E-state index contributed by atoms with van der Waals surface area (Å²) in [6.07, 6.45) is 4.91. The van der Waals surface area contributed by atoms with Crippen LogP contribution < -0.4 is 0 Å². The Morgan fingerprint density at radius 2 is 1.95 bits per heavy atom. The van der Waals surface area contributed by atoms with E-state index >= 15 is 0 Å². The Balaban J connectivity index is 2.12. The van der Waals surface area contributed by atoms with Gasteiger partial charge in [-0.3, -0.25) is 4.79 Å². The standard InChI is InChI=1S/C17H22FNO/c1-13(2)11-17(20)19-10-4-3-5-15(12-19)14-6-8-16(18)9-7-14/h6-9,11,15H,3-5,10,12H2,1-2H3. The molecule has 1 heterocycles. The number of rotatable bonds is 2. The molecule has 1 aliphatic rings. The van der Waals surface area contributed by atoms with E-state index in [0.29, 0.717) is 5.92 Å². The molecule has 1 aliphatic heterocycles. The van der Waals surface area contributed by atoms with Crippen molar-refractivity contribution in [2.45, 2.75) is 39.0 Å². The lowest BCUT2D eigenvalue weighted by Gasteiger charge is -2.24. The first-order valence-electron chi connectivity index (χ1n) is 7.25. The third kappa shape index (κ3) is 3.92. The van der Waals surface area contributed by atoms with Gasteiger partial charge >= 0.3 is 0 Å². The highest BCUT2D eigenvalue weighted by atomic mass is 19.1. The first-order chi connectivity index (χ1) is 9.56. The van der Waals surface area contributed by atoms with Crippen molar-refractivity contribution >= 4 is 5.91 Å². The fourth-order valence-electron chi connectivity index (χ4n) is 2.69. The quantitative estimate of drug-likeness (QED) is 0.750. The molecular formula is C17H22FNO. The van der Waals surface area contributed by atoms with Crippen LogP contribution in [0.2, 0.25) is 0 Å². The summed E-state index contributed by atoms with van der Waals surface area (Å²) in [4.78, 5) is 14.1. The number of allylic oxidation sites excluding steroid dienone is 1. The highest BCUT2D eigenvalue weighted by molar-refractivity contribution is 5.88. The molecule has 3 heteroatoms.